The molecular weight excluding hydrogens is 312 g/mol. The molecule has 114 valence electrons. The lowest BCUT2D eigenvalue weighted by atomic mass is 10.2. The molecule has 0 spiro atoms. The van der Waals surface area contributed by atoms with E-state index in [2.05, 4.69) is 10.6 Å². The number of carbonyl (C=O) groups is 2. The number of anilines is 1. The van der Waals surface area contributed by atoms with Crippen molar-refractivity contribution in [1.29, 1.82) is 0 Å². The van der Waals surface area contributed by atoms with Gasteiger partial charge < -0.3 is 15.7 Å². The number of carboxylic acid groups (broad SMARTS) is 1. The summed E-state index contributed by atoms with van der Waals surface area (Å²) in [4.78, 5) is 22.8. The average molecular weight is 329 g/mol. The van der Waals surface area contributed by atoms with Crippen LogP contribution in [0, 0.1) is 0 Å². The Labute approximate surface area is 132 Å². The molecule has 3 N–H and O–H groups in total. The van der Waals surface area contributed by atoms with Crippen LogP contribution in [0.15, 0.2) is 18.2 Å². The molecule has 0 saturated heterocycles. The maximum absolute atomic E-state index is 12.0. The number of rotatable bonds is 4. The van der Waals surface area contributed by atoms with Crippen LogP contribution in [0.3, 0.4) is 0 Å². The van der Waals surface area contributed by atoms with Gasteiger partial charge in [0.2, 0.25) is 0 Å². The maximum Gasteiger partial charge on any atom is 0.335 e. The number of thioether (sulfide) groups is 1. The molecule has 1 aromatic carbocycles. The van der Waals surface area contributed by atoms with Crippen molar-refractivity contribution in [3.63, 3.8) is 0 Å². The molecule has 2 unspecified atom stereocenters. The van der Waals surface area contributed by atoms with E-state index in [0.29, 0.717) is 10.9 Å². The van der Waals surface area contributed by atoms with Crippen molar-refractivity contribution in [2.24, 2.45) is 0 Å². The number of benzene rings is 1. The Hall–Kier alpha value is -1.40. The molecule has 1 aliphatic rings. The van der Waals surface area contributed by atoms with Crippen LogP contribution in [-0.2, 0) is 0 Å². The second-order valence-corrected chi connectivity index (χ2v) is 6.39. The molecule has 1 saturated carbocycles. The van der Waals surface area contributed by atoms with Crippen molar-refractivity contribution in [2.75, 3.05) is 11.6 Å². The van der Waals surface area contributed by atoms with E-state index in [9.17, 15) is 9.59 Å². The molecule has 1 aliphatic carbocycles. The number of aromatic carboxylic acids is 1. The highest BCUT2D eigenvalue weighted by molar-refractivity contribution is 7.99. The normalized spacial score (nSPS) is 21.0. The van der Waals surface area contributed by atoms with Gasteiger partial charge in [-0.15, -0.1) is 0 Å². The van der Waals surface area contributed by atoms with Crippen molar-refractivity contribution < 1.29 is 14.7 Å². The quantitative estimate of drug-likeness (QED) is 0.791. The smallest absolute Gasteiger partial charge is 0.335 e. The highest BCUT2D eigenvalue weighted by Crippen LogP contribution is 2.28. The van der Waals surface area contributed by atoms with Gasteiger partial charge in [0, 0.05) is 11.3 Å². The van der Waals surface area contributed by atoms with E-state index in [1.54, 1.807) is 11.8 Å². The van der Waals surface area contributed by atoms with E-state index >= 15 is 0 Å². The molecular formula is C14H17ClN2O3S. The van der Waals surface area contributed by atoms with E-state index < -0.39 is 5.97 Å². The fourth-order valence-electron chi connectivity index (χ4n) is 2.45. The molecule has 1 aromatic rings. The second-order valence-electron chi connectivity index (χ2n) is 4.91. The first-order chi connectivity index (χ1) is 10.0. The highest BCUT2D eigenvalue weighted by atomic mass is 35.5. The van der Waals surface area contributed by atoms with Crippen molar-refractivity contribution in [3.05, 3.63) is 28.8 Å². The first-order valence-electron chi connectivity index (χ1n) is 6.64. The van der Waals surface area contributed by atoms with Gasteiger partial charge in [-0.25, -0.2) is 9.59 Å². The summed E-state index contributed by atoms with van der Waals surface area (Å²) in [6.45, 7) is 0. The van der Waals surface area contributed by atoms with Crippen molar-refractivity contribution in [3.8, 4) is 0 Å². The molecule has 2 amide bonds. The Balaban J connectivity index is 1.98. The molecule has 0 bridgehead atoms. The zero-order valence-corrected chi connectivity index (χ0v) is 13.1. The van der Waals surface area contributed by atoms with E-state index in [1.165, 1.54) is 18.2 Å². The summed E-state index contributed by atoms with van der Waals surface area (Å²) in [5, 5.41) is 15.1. The molecule has 21 heavy (non-hydrogen) atoms. The molecule has 5 nitrogen and oxygen atoms in total. The lowest BCUT2D eigenvalue weighted by Gasteiger charge is -2.19. The van der Waals surface area contributed by atoms with Gasteiger partial charge in [-0.1, -0.05) is 18.0 Å². The maximum atomic E-state index is 12.0. The predicted octanol–water partition coefficient (Wildman–Crippen LogP) is 3.44. The summed E-state index contributed by atoms with van der Waals surface area (Å²) >= 11 is 7.74. The van der Waals surface area contributed by atoms with Crippen molar-refractivity contribution in [2.45, 2.75) is 30.6 Å². The number of halogens is 1. The van der Waals surface area contributed by atoms with E-state index in [0.717, 1.165) is 19.3 Å². The van der Waals surface area contributed by atoms with Crippen LogP contribution in [0.2, 0.25) is 5.02 Å². The van der Waals surface area contributed by atoms with Crippen LogP contribution in [-0.4, -0.2) is 34.7 Å². The third kappa shape index (κ3) is 4.04. The average Bonchev–Trinajstić information content (AvgIpc) is 2.87. The van der Waals surface area contributed by atoms with Crippen LogP contribution in [0.25, 0.3) is 0 Å². The Bertz CT molecular complexity index is 553. The van der Waals surface area contributed by atoms with Crippen LogP contribution in [0.1, 0.15) is 29.6 Å². The summed E-state index contributed by atoms with van der Waals surface area (Å²) in [6.07, 6.45) is 5.25. The van der Waals surface area contributed by atoms with Gasteiger partial charge in [0.25, 0.3) is 0 Å². The largest absolute Gasteiger partial charge is 0.478 e. The molecule has 0 heterocycles. The van der Waals surface area contributed by atoms with Gasteiger partial charge in [0.1, 0.15) is 0 Å². The third-order valence-electron chi connectivity index (χ3n) is 3.54. The number of urea groups is 1. The van der Waals surface area contributed by atoms with Crippen molar-refractivity contribution >= 4 is 41.1 Å². The van der Waals surface area contributed by atoms with E-state index in [-0.39, 0.29) is 22.7 Å². The first-order valence-corrected chi connectivity index (χ1v) is 8.31. The minimum absolute atomic E-state index is 0.0872. The fourth-order valence-corrected chi connectivity index (χ4v) is 3.61. The molecule has 2 atom stereocenters. The first kappa shape index (κ1) is 16.0. The molecule has 0 aliphatic heterocycles. The number of hydrogen-bond acceptors (Lipinski definition) is 3. The topological polar surface area (TPSA) is 78.4 Å². The SMILES string of the molecule is CSC1CCCC1NC(=O)Nc1ccc(C(=O)O)cc1Cl. The molecule has 1 fully saturated rings. The lowest BCUT2D eigenvalue weighted by Crippen LogP contribution is -2.41. The minimum Gasteiger partial charge on any atom is -0.478 e. The number of hydrogen-bond donors (Lipinski definition) is 3. The predicted molar refractivity (Wildman–Crippen MR) is 85.5 cm³/mol. The summed E-state index contributed by atoms with van der Waals surface area (Å²) in [7, 11) is 0. The molecule has 0 aromatic heterocycles. The number of nitrogens with one attached hydrogen (secondary N) is 2. The second kappa shape index (κ2) is 7.04. The van der Waals surface area contributed by atoms with E-state index in [4.69, 9.17) is 16.7 Å². The van der Waals surface area contributed by atoms with Crippen LogP contribution in [0.4, 0.5) is 10.5 Å². The van der Waals surface area contributed by atoms with Crippen LogP contribution in [0.5, 0.6) is 0 Å². The Morgan fingerprint density at radius 2 is 2.14 bits per heavy atom. The Morgan fingerprint density at radius 1 is 1.38 bits per heavy atom. The summed E-state index contributed by atoms with van der Waals surface area (Å²) < 4.78 is 0. The lowest BCUT2D eigenvalue weighted by molar-refractivity contribution is 0.0697. The van der Waals surface area contributed by atoms with Gasteiger partial charge >= 0.3 is 12.0 Å². The summed E-state index contributed by atoms with van der Waals surface area (Å²) in [6, 6.07) is 4.07. The number of carboxylic acids is 1. The highest BCUT2D eigenvalue weighted by Gasteiger charge is 2.27. The van der Waals surface area contributed by atoms with Crippen molar-refractivity contribution in [1.82, 2.24) is 5.32 Å². The van der Waals surface area contributed by atoms with Gasteiger partial charge in [-0.2, -0.15) is 11.8 Å². The fraction of sp³-hybridized carbons (Fsp3) is 0.429. The van der Waals surface area contributed by atoms with Crippen LogP contribution >= 0.6 is 23.4 Å². The minimum atomic E-state index is -1.05. The Kier molecular flexibility index (Phi) is 5.36. The molecule has 2 rings (SSSR count). The van der Waals surface area contributed by atoms with Gasteiger partial charge in [-0.05, 0) is 37.3 Å². The summed E-state index contributed by atoms with van der Waals surface area (Å²) in [5.41, 5.74) is 0.488. The Morgan fingerprint density at radius 3 is 2.76 bits per heavy atom. The van der Waals surface area contributed by atoms with Gasteiger partial charge in [0.05, 0.1) is 16.3 Å². The standard InChI is InChI=1S/C14H17ClN2O3S/c1-21-12-4-2-3-11(12)17-14(20)16-10-6-5-8(13(18)19)7-9(10)15/h5-7,11-12H,2-4H2,1H3,(H,18,19)(H2,16,17,20). The molecule has 0 radical (unpaired) electrons. The molecule has 7 heteroatoms. The zero-order chi connectivity index (χ0) is 15.4. The van der Waals surface area contributed by atoms with Gasteiger partial charge in [0.15, 0.2) is 0 Å². The zero-order valence-electron chi connectivity index (χ0n) is 11.6. The number of carbonyl (C=O) groups excluding carboxylic acids is 1. The van der Waals surface area contributed by atoms with Crippen LogP contribution < -0.4 is 10.6 Å². The van der Waals surface area contributed by atoms with E-state index in [1.807, 2.05) is 6.26 Å². The monoisotopic (exact) mass is 328 g/mol. The summed E-state index contributed by atoms with van der Waals surface area (Å²) in [5.74, 6) is -1.05. The number of amides is 2. The third-order valence-corrected chi connectivity index (χ3v) is 5.02. The van der Waals surface area contributed by atoms with Gasteiger partial charge in [-0.3, -0.25) is 0 Å².